The summed E-state index contributed by atoms with van der Waals surface area (Å²) in [7, 11) is 0. The normalized spacial score (nSPS) is 47.6. The van der Waals surface area contributed by atoms with E-state index in [1.54, 1.807) is 11.1 Å². The van der Waals surface area contributed by atoms with Crippen molar-refractivity contribution in [3.63, 3.8) is 0 Å². The molecule has 33 heavy (non-hydrogen) atoms. The molecule has 1 aliphatic heterocycles. The summed E-state index contributed by atoms with van der Waals surface area (Å²) in [6.45, 7) is 16.4. The van der Waals surface area contributed by atoms with Crippen molar-refractivity contribution in [3.8, 4) is 0 Å². The third-order valence-corrected chi connectivity index (χ3v) is 11.5. The van der Waals surface area contributed by atoms with Crippen molar-refractivity contribution in [1.82, 2.24) is 0 Å². The number of carbonyl (C=O) groups is 1. The Morgan fingerprint density at radius 3 is 2.52 bits per heavy atom. The fraction of sp³-hybridized carbons (Fsp3) is 0.767. The third kappa shape index (κ3) is 3.00. The molecule has 2 saturated carbocycles. The predicted molar refractivity (Wildman–Crippen MR) is 132 cm³/mol. The van der Waals surface area contributed by atoms with Gasteiger partial charge in [-0.15, -0.1) is 0 Å². The number of Topliss-reactive ketones (excluding diaryl/α,β-unsaturated/α-hetero) is 1. The number of aliphatic hydroxyl groups excluding tert-OH is 1. The summed E-state index contributed by atoms with van der Waals surface area (Å²) in [5.41, 5.74) is 3.13. The van der Waals surface area contributed by atoms with Crippen LogP contribution < -0.4 is 0 Å². The number of aliphatic hydroxyl groups is 1. The Labute approximate surface area is 200 Å². The van der Waals surface area contributed by atoms with E-state index in [-0.39, 0.29) is 28.3 Å². The molecule has 1 heterocycles. The van der Waals surface area contributed by atoms with Gasteiger partial charge < -0.3 is 9.84 Å². The molecular weight excluding hydrogens is 408 g/mol. The Morgan fingerprint density at radius 2 is 1.85 bits per heavy atom. The fourth-order valence-corrected chi connectivity index (χ4v) is 8.80. The average Bonchev–Trinajstić information content (AvgIpc) is 3.33. The minimum atomic E-state index is -0.426. The number of fused-ring (bicyclic) bond motifs is 5. The molecule has 0 amide bonds. The summed E-state index contributed by atoms with van der Waals surface area (Å²) in [5.74, 6) is 3.10. The lowest BCUT2D eigenvalue weighted by Crippen LogP contribution is -2.53. The lowest BCUT2D eigenvalue weighted by atomic mass is 9.44. The van der Waals surface area contributed by atoms with Gasteiger partial charge in [-0.25, -0.2) is 0 Å². The number of hydrogen-bond donors (Lipinski definition) is 1. The van der Waals surface area contributed by atoms with Gasteiger partial charge in [0.05, 0.1) is 6.61 Å². The Morgan fingerprint density at radius 1 is 1.12 bits per heavy atom. The number of ether oxygens (including phenoxy) is 1. The first-order valence-electron chi connectivity index (χ1n) is 13.3. The maximum atomic E-state index is 12.8. The highest BCUT2D eigenvalue weighted by Gasteiger charge is 2.63. The van der Waals surface area contributed by atoms with Crippen LogP contribution in [0.15, 0.2) is 35.1 Å². The van der Waals surface area contributed by atoms with E-state index in [0.717, 1.165) is 37.9 Å². The minimum Gasteiger partial charge on any atom is -0.478 e. The maximum Gasteiger partial charge on any atom is 0.185 e. The molecule has 5 rings (SSSR count). The highest BCUT2D eigenvalue weighted by atomic mass is 16.6. The van der Waals surface area contributed by atoms with E-state index in [4.69, 9.17) is 4.74 Å². The molecule has 3 fully saturated rings. The summed E-state index contributed by atoms with van der Waals surface area (Å²) in [6.07, 6.45) is 14.8. The summed E-state index contributed by atoms with van der Waals surface area (Å²) in [4.78, 5) is 12.8. The first-order valence-corrected chi connectivity index (χ1v) is 13.3. The Balaban J connectivity index is 1.44. The van der Waals surface area contributed by atoms with Crippen LogP contribution in [0.5, 0.6) is 0 Å². The van der Waals surface area contributed by atoms with E-state index in [2.05, 4.69) is 59.8 Å². The quantitative estimate of drug-likeness (QED) is 0.479. The van der Waals surface area contributed by atoms with Crippen molar-refractivity contribution in [3.05, 3.63) is 35.1 Å². The SMILES string of the molecule is C[C@H](CC=C1O[C@@]1(C)CO)[C@H]1CC[C@@]2(C)C3=CC[C@H]4C(C)(C)C(=O)CC[C@]4(C)C3=CC[C@]12C. The molecule has 0 aromatic heterocycles. The lowest BCUT2D eigenvalue weighted by Gasteiger charge is -2.59. The van der Waals surface area contributed by atoms with Gasteiger partial charge in [-0.3, -0.25) is 4.79 Å². The maximum absolute atomic E-state index is 12.8. The van der Waals surface area contributed by atoms with Crippen LogP contribution in [0.3, 0.4) is 0 Å². The van der Waals surface area contributed by atoms with Crippen LogP contribution in [0, 0.1) is 39.4 Å². The molecule has 0 radical (unpaired) electrons. The van der Waals surface area contributed by atoms with Gasteiger partial charge in [0.1, 0.15) is 11.5 Å². The van der Waals surface area contributed by atoms with Crippen LogP contribution >= 0.6 is 0 Å². The molecule has 7 atom stereocenters. The van der Waals surface area contributed by atoms with Crippen LogP contribution in [0.2, 0.25) is 0 Å². The summed E-state index contributed by atoms with van der Waals surface area (Å²) in [6, 6.07) is 0. The molecule has 5 aliphatic rings. The second-order valence-electron chi connectivity index (χ2n) is 13.5. The van der Waals surface area contributed by atoms with Gasteiger partial charge in [-0.1, -0.05) is 53.7 Å². The van der Waals surface area contributed by atoms with Crippen molar-refractivity contribution in [2.75, 3.05) is 6.61 Å². The molecule has 1 saturated heterocycles. The number of rotatable bonds is 4. The van der Waals surface area contributed by atoms with Crippen LogP contribution in [-0.2, 0) is 9.53 Å². The summed E-state index contributed by atoms with van der Waals surface area (Å²) in [5, 5.41) is 9.50. The number of allylic oxidation sites excluding steroid dienone is 5. The minimum absolute atomic E-state index is 0.0658. The van der Waals surface area contributed by atoms with Gasteiger partial charge in [0.2, 0.25) is 0 Å². The second-order valence-corrected chi connectivity index (χ2v) is 13.5. The van der Waals surface area contributed by atoms with Crippen molar-refractivity contribution < 1.29 is 14.6 Å². The molecule has 4 aliphatic carbocycles. The average molecular weight is 453 g/mol. The number of hydrogen-bond acceptors (Lipinski definition) is 3. The first kappa shape index (κ1) is 23.4. The molecule has 0 aromatic carbocycles. The third-order valence-electron chi connectivity index (χ3n) is 11.5. The predicted octanol–water partition coefficient (Wildman–Crippen LogP) is 6.77. The summed E-state index contributed by atoms with van der Waals surface area (Å²) >= 11 is 0. The Hall–Kier alpha value is -1.35. The van der Waals surface area contributed by atoms with Gasteiger partial charge >= 0.3 is 0 Å². The van der Waals surface area contributed by atoms with Crippen molar-refractivity contribution >= 4 is 5.78 Å². The standard InChI is InChI=1S/C30H44O3/c1-19(8-11-25-30(7,18-31)33-25)20-12-16-29(6)22-9-10-23-26(2,3)24(32)14-15-27(23,4)21(22)13-17-28(20,29)5/h9,11,13,19-20,23,31H,8,10,12,14-18H2,1-7H3/t19-,20-,23+,27-,28-,29+,30+/m1/s1. The fourth-order valence-electron chi connectivity index (χ4n) is 8.80. The van der Waals surface area contributed by atoms with E-state index >= 15 is 0 Å². The zero-order valence-corrected chi connectivity index (χ0v) is 21.9. The topological polar surface area (TPSA) is 49.8 Å². The first-order chi connectivity index (χ1) is 15.3. The monoisotopic (exact) mass is 452 g/mol. The van der Waals surface area contributed by atoms with Gasteiger partial charge in [0, 0.05) is 11.8 Å². The van der Waals surface area contributed by atoms with Crippen molar-refractivity contribution in [1.29, 1.82) is 0 Å². The van der Waals surface area contributed by atoms with E-state index in [1.807, 2.05) is 6.92 Å². The van der Waals surface area contributed by atoms with Crippen LogP contribution in [-0.4, -0.2) is 23.1 Å². The second kappa shape index (κ2) is 7.09. The lowest BCUT2D eigenvalue weighted by molar-refractivity contribution is -0.138. The van der Waals surface area contributed by atoms with Gasteiger partial charge in [0.15, 0.2) is 5.60 Å². The zero-order valence-electron chi connectivity index (χ0n) is 21.9. The number of ketones is 1. The molecule has 182 valence electrons. The molecule has 3 nitrogen and oxygen atoms in total. The number of carbonyl (C=O) groups excluding carboxylic acids is 1. The van der Waals surface area contributed by atoms with Gasteiger partial charge in [0.25, 0.3) is 0 Å². The van der Waals surface area contributed by atoms with E-state index in [0.29, 0.717) is 23.5 Å². The van der Waals surface area contributed by atoms with E-state index in [1.165, 1.54) is 12.8 Å². The van der Waals surface area contributed by atoms with Crippen molar-refractivity contribution in [2.45, 2.75) is 99.0 Å². The smallest absolute Gasteiger partial charge is 0.185 e. The molecule has 3 heteroatoms. The molecule has 0 spiro atoms. The summed E-state index contributed by atoms with van der Waals surface area (Å²) < 4.78 is 5.64. The molecule has 1 N–H and O–H groups in total. The number of epoxide rings is 1. The van der Waals surface area contributed by atoms with Gasteiger partial charge in [-0.2, -0.15) is 0 Å². The van der Waals surface area contributed by atoms with E-state index in [9.17, 15) is 9.90 Å². The molecule has 0 unspecified atom stereocenters. The highest BCUT2D eigenvalue weighted by Crippen LogP contribution is 2.71. The van der Waals surface area contributed by atoms with Crippen molar-refractivity contribution in [2.24, 2.45) is 39.4 Å². The van der Waals surface area contributed by atoms with Crippen LogP contribution in [0.1, 0.15) is 93.4 Å². The Kier molecular flexibility index (Phi) is 5.03. The van der Waals surface area contributed by atoms with Gasteiger partial charge in [-0.05, 0) is 96.7 Å². The highest BCUT2D eigenvalue weighted by molar-refractivity contribution is 5.86. The Bertz CT molecular complexity index is 969. The largest absolute Gasteiger partial charge is 0.478 e. The molecule has 0 aromatic rings. The van der Waals surface area contributed by atoms with Crippen LogP contribution in [0.25, 0.3) is 0 Å². The van der Waals surface area contributed by atoms with E-state index < -0.39 is 5.60 Å². The van der Waals surface area contributed by atoms with Crippen LogP contribution in [0.4, 0.5) is 0 Å². The molecule has 0 bridgehead atoms. The zero-order chi connectivity index (χ0) is 24.0. The molecular formula is C30H44O3.